The first-order valence-electron chi connectivity index (χ1n) is 21.2. The van der Waals surface area contributed by atoms with Crippen LogP contribution in [-0.4, -0.2) is 4.68 Å². The fourth-order valence-corrected chi connectivity index (χ4v) is 10.7. The molecule has 5 heterocycles. The molecule has 0 spiro atoms. The molecule has 0 fully saturated rings. The van der Waals surface area contributed by atoms with Crippen LogP contribution in [0.4, 0.5) is 34.1 Å². The van der Waals surface area contributed by atoms with Gasteiger partial charge in [0.2, 0.25) is 0 Å². The molecule has 0 saturated carbocycles. The van der Waals surface area contributed by atoms with E-state index >= 15 is 0 Å². The molecule has 9 aromatic carbocycles. The average molecular weight is 781 g/mol. The Morgan fingerprint density at radius 1 is 0.426 bits per heavy atom. The van der Waals surface area contributed by atoms with Crippen molar-refractivity contribution < 1.29 is 0 Å². The van der Waals surface area contributed by atoms with Gasteiger partial charge in [-0.15, -0.1) is 0 Å². The van der Waals surface area contributed by atoms with E-state index in [9.17, 15) is 0 Å². The van der Waals surface area contributed by atoms with Crippen LogP contribution in [0.5, 0.6) is 0 Å². The van der Waals surface area contributed by atoms with Gasteiger partial charge in [-0.1, -0.05) is 135 Å². The van der Waals surface area contributed by atoms with Gasteiger partial charge in [0.05, 0.1) is 33.8 Å². The molecule has 15 rings (SSSR count). The predicted octanol–water partition coefficient (Wildman–Crippen LogP) is 15.5. The Bertz CT molecular complexity index is 3420. The van der Waals surface area contributed by atoms with Crippen molar-refractivity contribution in [2.24, 2.45) is 0 Å². The molecule has 0 saturated heterocycles. The van der Waals surface area contributed by atoms with Gasteiger partial charge >= 0.3 is 0 Å². The number of fused-ring (bicyclic) bond motifs is 5. The second-order valence-electron chi connectivity index (χ2n) is 17.1. The van der Waals surface area contributed by atoms with Gasteiger partial charge in [0.25, 0.3) is 0 Å². The van der Waals surface area contributed by atoms with Crippen molar-refractivity contribution in [3.8, 4) is 55.6 Å². The number of para-hydroxylation sites is 3. The molecule has 0 radical (unpaired) electrons. The summed E-state index contributed by atoms with van der Waals surface area (Å²) in [7, 11) is 0. The van der Waals surface area contributed by atoms with Gasteiger partial charge in [-0.3, -0.25) is 0 Å². The molecule has 0 unspecified atom stereocenters. The number of anilines is 6. The van der Waals surface area contributed by atoms with E-state index < -0.39 is 0 Å². The first-order valence-corrected chi connectivity index (χ1v) is 21.2. The summed E-state index contributed by atoms with van der Waals surface area (Å²) in [5.74, 6) is 0. The zero-order valence-electron chi connectivity index (χ0n) is 33.9. The van der Waals surface area contributed by atoms with Gasteiger partial charge in [-0.2, -0.15) is 0 Å². The van der Waals surface area contributed by atoms with Gasteiger partial charge in [0.1, 0.15) is 0 Å². The minimum absolute atomic E-state index is 0.312. The molecule has 12 bridgehead atoms. The summed E-state index contributed by atoms with van der Waals surface area (Å²) >= 11 is 0. The van der Waals surface area contributed by atoms with Crippen molar-refractivity contribution in [3.63, 3.8) is 0 Å². The smallest absolute Gasteiger partial charge is 0.0893 e. The zero-order valence-corrected chi connectivity index (χ0v) is 33.9. The SMILES string of the molecule is CC1(C)c2cc3ccc2-c2cc(-c4ccccc4)c(c(-c4ccccc4)c21)-c1cc2cc4c5ccccc5n(c14)N3c1ccc-2c(Nc2ccccc2)c1Nc1ccccc1. The van der Waals surface area contributed by atoms with Crippen LogP contribution in [0.15, 0.2) is 194 Å². The molecule has 0 atom stereocenters. The summed E-state index contributed by atoms with van der Waals surface area (Å²) in [5.41, 5.74) is 23.2. The van der Waals surface area contributed by atoms with Gasteiger partial charge in [0.15, 0.2) is 0 Å². The number of aromatic nitrogens is 1. The average Bonchev–Trinajstić information content (AvgIpc) is 3.74. The van der Waals surface area contributed by atoms with E-state index in [0.717, 1.165) is 50.8 Å². The zero-order chi connectivity index (χ0) is 40.4. The maximum absolute atomic E-state index is 3.98. The van der Waals surface area contributed by atoms with E-state index in [1.165, 1.54) is 71.9 Å². The first-order chi connectivity index (χ1) is 30.0. The fraction of sp³-hybridized carbons (Fsp3) is 0.0526. The van der Waals surface area contributed by atoms with E-state index in [1.807, 2.05) is 0 Å². The molecule has 10 aromatic rings. The third kappa shape index (κ3) is 4.82. The molecule has 4 nitrogen and oxygen atoms in total. The van der Waals surface area contributed by atoms with Crippen LogP contribution in [0.2, 0.25) is 0 Å². The molecule has 1 aliphatic carbocycles. The highest BCUT2D eigenvalue weighted by Gasteiger charge is 2.42. The van der Waals surface area contributed by atoms with E-state index in [-0.39, 0.29) is 5.41 Å². The maximum atomic E-state index is 3.98. The Balaban J connectivity index is 1.29. The summed E-state index contributed by atoms with van der Waals surface area (Å²) < 4.78 is 2.52. The molecule has 4 heteroatoms. The van der Waals surface area contributed by atoms with Crippen molar-refractivity contribution >= 4 is 55.9 Å². The summed E-state index contributed by atoms with van der Waals surface area (Å²) in [5, 5.41) is 12.9. The Morgan fingerprint density at radius 3 is 1.77 bits per heavy atom. The normalized spacial score (nSPS) is 13.5. The van der Waals surface area contributed by atoms with Crippen LogP contribution >= 0.6 is 0 Å². The van der Waals surface area contributed by atoms with Crippen molar-refractivity contribution in [2.45, 2.75) is 19.3 Å². The third-order valence-corrected chi connectivity index (χ3v) is 13.3. The summed E-state index contributed by atoms with van der Waals surface area (Å²) in [6, 6.07) is 71.5. The van der Waals surface area contributed by atoms with Crippen LogP contribution in [0, 0.1) is 0 Å². The van der Waals surface area contributed by atoms with Crippen LogP contribution in [0.25, 0.3) is 77.4 Å². The molecule has 1 aromatic heterocycles. The van der Waals surface area contributed by atoms with Crippen LogP contribution in [-0.2, 0) is 5.41 Å². The molecular formula is C57H40N4. The quantitative estimate of drug-likeness (QED) is 0.176. The molecule has 61 heavy (non-hydrogen) atoms. The standard InChI is InChI=1S/C57H40N4/c1-57(2)48-33-40-27-28-42(48)45-34-44(35-17-7-3-8-18-35)52(51(53(45)57)36-19-9-4-10-20-36)47-32-37-31-46-43-25-15-16-26-49(43)61(56(46)47)60(40)50-30-29-41(37)54(58-38-21-11-5-12-22-38)55(50)59-39-23-13-6-14-24-39/h3-34,58-59H,1-2H3. The van der Waals surface area contributed by atoms with Gasteiger partial charge in [0, 0.05) is 38.7 Å². The minimum atomic E-state index is -0.312. The Labute approximate surface area is 355 Å². The van der Waals surface area contributed by atoms with Crippen LogP contribution in [0.3, 0.4) is 0 Å². The lowest BCUT2D eigenvalue weighted by Gasteiger charge is -2.34. The molecule has 5 aliphatic rings. The molecule has 2 N–H and O–H groups in total. The van der Waals surface area contributed by atoms with E-state index in [1.54, 1.807) is 0 Å². The molecule has 4 aliphatic heterocycles. The lowest BCUT2D eigenvalue weighted by atomic mass is 9.74. The summed E-state index contributed by atoms with van der Waals surface area (Å²) in [6.45, 7) is 4.86. The lowest BCUT2D eigenvalue weighted by molar-refractivity contribution is 0.662. The van der Waals surface area contributed by atoms with E-state index in [2.05, 4.69) is 228 Å². The topological polar surface area (TPSA) is 32.2 Å². The summed E-state index contributed by atoms with van der Waals surface area (Å²) in [4.78, 5) is 0. The lowest BCUT2D eigenvalue weighted by Crippen LogP contribution is -2.26. The Hall–Kier alpha value is -7.82. The number of rotatable bonds is 6. The van der Waals surface area contributed by atoms with Crippen molar-refractivity contribution in [3.05, 3.63) is 205 Å². The molecule has 0 amide bonds. The van der Waals surface area contributed by atoms with Crippen molar-refractivity contribution in [2.75, 3.05) is 15.6 Å². The van der Waals surface area contributed by atoms with E-state index in [0.29, 0.717) is 0 Å². The minimum Gasteiger partial charge on any atom is -0.353 e. The van der Waals surface area contributed by atoms with Gasteiger partial charge in [-0.05, 0) is 128 Å². The number of hydrogen-bond donors (Lipinski definition) is 2. The molecular weight excluding hydrogens is 741 g/mol. The monoisotopic (exact) mass is 780 g/mol. The second kappa shape index (κ2) is 12.6. The second-order valence-corrected chi connectivity index (χ2v) is 17.1. The highest BCUT2D eigenvalue weighted by molar-refractivity contribution is 6.19. The number of hydrogen-bond acceptors (Lipinski definition) is 3. The Kier molecular flexibility index (Phi) is 7.04. The highest BCUT2D eigenvalue weighted by atomic mass is 15.6. The first kappa shape index (κ1) is 34.1. The van der Waals surface area contributed by atoms with E-state index in [4.69, 9.17) is 0 Å². The highest BCUT2D eigenvalue weighted by Crippen LogP contribution is 2.60. The summed E-state index contributed by atoms with van der Waals surface area (Å²) in [6.07, 6.45) is 0. The fourth-order valence-electron chi connectivity index (χ4n) is 10.7. The largest absolute Gasteiger partial charge is 0.353 e. The number of nitrogens with one attached hydrogen (secondary N) is 2. The molecule has 288 valence electrons. The van der Waals surface area contributed by atoms with Crippen molar-refractivity contribution in [1.29, 1.82) is 0 Å². The van der Waals surface area contributed by atoms with Gasteiger partial charge in [-0.25, -0.2) is 9.69 Å². The predicted molar refractivity (Wildman–Crippen MR) is 256 cm³/mol. The third-order valence-electron chi connectivity index (χ3n) is 13.3. The van der Waals surface area contributed by atoms with Crippen LogP contribution < -0.4 is 15.6 Å². The van der Waals surface area contributed by atoms with Crippen LogP contribution in [0.1, 0.15) is 25.0 Å². The Morgan fingerprint density at radius 2 is 1.05 bits per heavy atom. The van der Waals surface area contributed by atoms with Crippen molar-refractivity contribution in [1.82, 2.24) is 4.68 Å². The number of benzene rings is 9. The number of nitrogens with zero attached hydrogens (tertiary/aromatic N) is 2. The maximum Gasteiger partial charge on any atom is 0.0893 e. The van der Waals surface area contributed by atoms with Gasteiger partial charge < -0.3 is 10.6 Å².